The SMILES string of the molecule is CCOC(=O)Cn1c(CNC(=O)COC)nc2ccccc21. The van der Waals surface area contributed by atoms with Crippen LogP contribution in [0.25, 0.3) is 11.0 Å². The molecule has 22 heavy (non-hydrogen) atoms. The zero-order valence-electron chi connectivity index (χ0n) is 12.7. The van der Waals surface area contributed by atoms with Gasteiger partial charge in [0.15, 0.2) is 0 Å². The summed E-state index contributed by atoms with van der Waals surface area (Å²) in [6.07, 6.45) is 0. The lowest BCUT2D eigenvalue weighted by Crippen LogP contribution is -2.28. The summed E-state index contributed by atoms with van der Waals surface area (Å²) < 4.78 is 11.5. The molecule has 1 heterocycles. The smallest absolute Gasteiger partial charge is 0.326 e. The van der Waals surface area contributed by atoms with Gasteiger partial charge in [0.05, 0.1) is 24.2 Å². The Morgan fingerprint density at radius 2 is 2.09 bits per heavy atom. The Morgan fingerprint density at radius 3 is 2.82 bits per heavy atom. The maximum atomic E-state index is 11.8. The van der Waals surface area contributed by atoms with Crippen molar-refractivity contribution in [2.24, 2.45) is 0 Å². The number of benzene rings is 1. The fraction of sp³-hybridized carbons (Fsp3) is 0.400. The number of aromatic nitrogens is 2. The fourth-order valence-electron chi connectivity index (χ4n) is 2.13. The largest absolute Gasteiger partial charge is 0.465 e. The van der Waals surface area contributed by atoms with Crippen molar-refractivity contribution in [2.75, 3.05) is 20.3 Å². The lowest BCUT2D eigenvalue weighted by atomic mass is 10.3. The zero-order valence-corrected chi connectivity index (χ0v) is 12.7. The first-order chi connectivity index (χ1) is 10.7. The van der Waals surface area contributed by atoms with Gasteiger partial charge in [-0.05, 0) is 19.1 Å². The van der Waals surface area contributed by atoms with Crippen molar-refractivity contribution in [3.05, 3.63) is 30.1 Å². The summed E-state index contributed by atoms with van der Waals surface area (Å²) in [5.41, 5.74) is 1.59. The van der Waals surface area contributed by atoms with E-state index in [1.54, 1.807) is 11.5 Å². The van der Waals surface area contributed by atoms with Gasteiger partial charge >= 0.3 is 5.97 Å². The van der Waals surface area contributed by atoms with Gasteiger partial charge in [0.1, 0.15) is 19.0 Å². The molecule has 0 fully saturated rings. The number of rotatable bonds is 7. The summed E-state index contributed by atoms with van der Waals surface area (Å²) in [5.74, 6) is 0.0195. The van der Waals surface area contributed by atoms with Crippen molar-refractivity contribution in [3.63, 3.8) is 0 Å². The molecule has 0 radical (unpaired) electrons. The summed E-state index contributed by atoms with van der Waals surface area (Å²) in [7, 11) is 1.45. The second-order valence-electron chi connectivity index (χ2n) is 4.62. The molecular weight excluding hydrogens is 286 g/mol. The van der Waals surface area contributed by atoms with Crippen molar-refractivity contribution in [2.45, 2.75) is 20.0 Å². The molecule has 7 heteroatoms. The molecule has 0 aliphatic rings. The van der Waals surface area contributed by atoms with Crippen LogP contribution >= 0.6 is 0 Å². The number of carbonyl (C=O) groups excluding carboxylic acids is 2. The first-order valence-corrected chi connectivity index (χ1v) is 7.01. The maximum Gasteiger partial charge on any atom is 0.326 e. The van der Waals surface area contributed by atoms with E-state index < -0.39 is 0 Å². The normalized spacial score (nSPS) is 10.6. The van der Waals surface area contributed by atoms with Gasteiger partial charge in [-0.15, -0.1) is 0 Å². The topological polar surface area (TPSA) is 82.5 Å². The van der Waals surface area contributed by atoms with Crippen LogP contribution in [0.4, 0.5) is 0 Å². The van der Waals surface area contributed by atoms with E-state index in [1.807, 2.05) is 24.3 Å². The highest BCUT2D eigenvalue weighted by molar-refractivity contribution is 5.79. The molecule has 0 unspecified atom stereocenters. The number of fused-ring (bicyclic) bond motifs is 1. The number of imidazole rings is 1. The molecule has 118 valence electrons. The Kier molecular flexibility index (Phi) is 5.48. The molecule has 0 spiro atoms. The average molecular weight is 305 g/mol. The summed E-state index contributed by atoms with van der Waals surface area (Å²) >= 11 is 0. The predicted molar refractivity (Wildman–Crippen MR) is 80.1 cm³/mol. The number of amides is 1. The Hall–Kier alpha value is -2.41. The second-order valence-corrected chi connectivity index (χ2v) is 4.62. The van der Waals surface area contributed by atoms with Crippen LogP contribution in [0.15, 0.2) is 24.3 Å². The zero-order chi connectivity index (χ0) is 15.9. The molecule has 1 aromatic heterocycles. The number of esters is 1. The second kappa shape index (κ2) is 7.56. The Morgan fingerprint density at radius 1 is 1.32 bits per heavy atom. The number of nitrogens with zero attached hydrogens (tertiary/aromatic N) is 2. The highest BCUT2D eigenvalue weighted by atomic mass is 16.5. The number of para-hydroxylation sites is 2. The van der Waals surface area contributed by atoms with Crippen molar-refractivity contribution < 1.29 is 19.1 Å². The third kappa shape index (κ3) is 3.82. The fourth-order valence-corrected chi connectivity index (χ4v) is 2.13. The molecule has 0 atom stereocenters. The minimum atomic E-state index is -0.338. The van der Waals surface area contributed by atoms with Crippen LogP contribution in [-0.4, -0.2) is 41.8 Å². The first kappa shape index (κ1) is 16.0. The Labute approximate surface area is 128 Å². The van der Waals surface area contributed by atoms with Crippen molar-refractivity contribution >= 4 is 22.9 Å². The first-order valence-electron chi connectivity index (χ1n) is 7.01. The Balaban J connectivity index is 2.23. The molecule has 0 aliphatic heterocycles. The molecule has 0 bridgehead atoms. The summed E-state index contributed by atoms with van der Waals surface area (Å²) in [6.45, 7) is 2.35. The minimum absolute atomic E-state index is 0.0158. The highest BCUT2D eigenvalue weighted by Crippen LogP contribution is 2.16. The molecule has 0 saturated carbocycles. The van der Waals surface area contributed by atoms with Crippen molar-refractivity contribution in [3.8, 4) is 0 Å². The van der Waals surface area contributed by atoms with Crippen LogP contribution in [0.1, 0.15) is 12.7 Å². The van der Waals surface area contributed by atoms with Crippen LogP contribution < -0.4 is 5.32 Å². The summed E-state index contributed by atoms with van der Waals surface area (Å²) in [5, 5.41) is 2.71. The van der Waals surface area contributed by atoms with E-state index in [2.05, 4.69) is 10.3 Å². The van der Waals surface area contributed by atoms with Crippen LogP contribution in [-0.2, 0) is 32.2 Å². The third-order valence-electron chi connectivity index (χ3n) is 3.05. The minimum Gasteiger partial charge on any atom is -0.465 e. The van der Waals surface area contributed by atoms with Crippen molar-refractivity contribution in [1.29, 1.82) is 0 Å². The number of hydrogen-bond donors (Lipinski definition) is 1. The monoisotopic (exact) mass is 305 g/mol. The molecule has 0 aliphatic carbocycles. The van der Waals surface area contributed by atoms with Gasteiger partial charge in [0, 0.05) is 7.11 Å². The van der Waals surface area contributed by atoms with E-state index in [0.717, 1.165) is 11.0 Å². The number of nitrogens with one attached hydrogen (secondary N) is 1. The number of methoxy groups -OCH3 is 1. The van der Waals surface area contributed by atoms with Gasteiger partial charge in [-0.1, -0.05) is 12.1 Å². The molecule has 7 nitrogen and oxygen atoms in total. The van der Waals surface area contributed by atoms with Gasteiger partial charge in [-0.3, -0.25) is 9.59 Å². The Bertz CT molecular complexity index is 666. The maximum absolute atomic E-state index is 11.8. The van der Waals surface area contributed by atoms with E-state index in [-0.39, 0.29) is 31.6 Å². The van der Waals surface area contributed by atoms with E-state index in [4.69, 9.17) is 9.47 Å². The number of ether oxygens (including phenoxy) is 2. The molecule has 1 amide bonds. The summed E-state index contributed by atoms with van der Waals surface area (Å²) in [6, 6.07) is 7.48. The van der Waals surface area contributed by atoms with Crippen LogP contribution in [0.3, 0.4) is 0 Å². The van der Waals surface area contributed by atoms with Gasteiger partial charge in [0.25, 0.3) is 0 Å². The quantitative estimate of drug-likeness (QED) is 0.767. The lowest BCUT2D eigenvalue weighted by Gasteiger charge is -2.09. The molecule has 1 N–H and O–H groups in total. The van der Waals surface area contributed by atoms with E-state index >= 15 is 0 Å². The number of carbonyl (C=O) groups is 2. The molecule has 2 aromatic rings. The van der Waals surface area contributed by atoms with Gasteiger partial charge < -0.3 is 19.4 Å². The van der Waals surface area contributed by atoms with Gasteiger partial charge in [-0.2, -0.15) is 0 Å². The van der Waals surface area contributed by atoms with Crippen molar-refractivity contribution in [1.82, 2.24) is 14.9 Å². The third-order valence-corrected chi connectivity index (χ3v) is 3.05. The van der Waals surface area contributed by atoms with E-state index in [0.29, 0.717) is 12.4 Å². The molecular formula is C15H19N3O4. The van der Waals surface area contributed by atoms with Gasteiger partial charge in [0.2, 0.25) is 5.91 Å². The predicted octanol–water partition coefficient (Wildman–Crippen LogP) is 0.862. The van der Waals surface area contributed by atoms with E-state index in [1.165, 1.54) is 7.11 Å². The van der Waals surface area contributed by atoms with Crippen LogP contribution in [0.2, 0.25) is 0 Å². The molecule has 1 aromatic carbocycles. The standard InChI is InChI=1S/C15H19N3O4/c1-3-22-15(20)9-18-12-7-5-4-6-11(12)17-13(18)8-16-14(19)10-21-2/h4-7H,3,8-10H2,1-2H3,(H,16,19). The molecule has 0 saturated heterocycles. The van der Waals surface area contributed by atoms with E-state index in [9.17, 15) is 9.59 Å². The lowest BCUT2D eigenvalue weighted by molar-refractivity contribution is -0.143. The average Bonchev–Trinajstić information content (AvgIpc) is 2.84. The molecule has 2 rings (SSSR count). The number of hydrogen-bond acceptors (Lipinski definition) is 5. The van der Waals surface area contributed by atoms with Gasteiger partial charge in [-0.25, -0.2) is 4.98 Å². The summed E-state index contributed by atoms with van der Waals surface area (Å²) in [4.78, 5) is 27.7. The van der Waals surface area contributed by atoms with Crippen LogP contribution in [0.5, 0.6) is 0 Å². The highest BCUT2D eigenvalue weighted by Gasteiger charge is 2.14. The van der Waals surface area contributed by atoms with Crippen LogP contribution in [0, 0.1) is 0 Å².